The molecule has 0 spiro atoms. The van der Waals surface area contributed by atoms with Gasteiger partial charge in [0.2, 0.25) is 5.91 Å². The molecule has 2 bridgehead atoms. The summed E-state index contributed by atoms with van der Waals surface area (Å²) in [5.74, 6) is 0.339. The molecule has 1 saturated carbocycles. The maximum absolute atomic E-state index is 13.6. The van der Waals surface area contributed by atoms with Crippen molar-refractivity contribution < 1.29 is 4.79 Å². The highest BCUT2D eigenvalue weighted by molar-refractivity contribution is 6.01. The predicted octanol–water partition coefficient (Wildman–Crippen LogP) is 4.14. The van der Waals surface area contributed by atoms with Gasteiger partial charge in [-0.05, 0) is 41.9 Å². The number of carbonyl (C=O) groups is 1. The number of anilines is 1. The molecule has 1 fully saturated rings. The molecule has 6 heteroatoms. The quantitative estimate of drug-likeness (QED) is 0.855. The number of hydrogen-bond donors (Lipinski definition) is 1. The van der Waals surface area contributed by atoms with Crippen LogP contribution in [0.5, 0.6) is 0 Å². The zero-order chi connectivity index (χ0) is 21.0. The van der Waals surface area contributed by atoms with Crippen LogP contribution in [-0.2, 0) is 10.2 Å². The Balaban J connectivity index is 1.78. The van der Waals surface area contributed by atoms with Crippen LogP contribution < -0.4 is 5.32 Å². The normalized spacial score (nSPS) is 23.3. The summed E-state index contributed by atoms with van der Waals surface area (Å²) in [4.78, 5) is 22.6. The molecule has 2 aromatic rings. The van der Waals surface area contributed by atoms with Crippen molar-refractivity contribution in [2.75, 3.05) is 5.32 Å². The molecule has 0 radical (unpaired) electrons. The van der Waals surface area contributed by atoms with Gasteiger partial charge in [-0.3, -0.25) is 4.79 Å². The van der Waals surface area contributed by atoms with Crippen molar-refractivity contribution in [3.05, 3.63) is 52.6 Å². The molecule has 1 aromatic carbocycles. The van der Waals surface area contributed by atoms with Crippen molar-refractivity contribution >= 4 is 11.6 Å². The smallest absolute Gasteiger partial charge is 0.237 e. The van der Waals surface area contributed by atoms with Gasteiger partial charge in [-0.15, -0.1) is 0 Å². The molecule has 4 rings (SSSR count). The number of benzene rings is 1. The Hall–Kier alpha value is -3.25. The van der Waals surface area contributed by atoms with Crippen LogP contribution in [0.25, 0.3) is 0 Å². The number of amides is 1. The molecule has 2 aliphatic rings. The molecule has 2 atom stereocenters. The molecule has 6 nitrogen and oxygen atoms in total. The summed E-state index contributed by atoms with van der Waals surface area (Å²) in [6.07, 6.45) is 1.46. The van der Waals surface area contributed by atoms with Crippen molar-refractivity contribution in [2.24, 2.45) is 5.41 Å². The highest BCUT2D eigenvalue weighted by Crippen LogP contribution is 2.67. The van der Waals surface area contributed by atoms with E-state index in [-0.39, 0.29) is 23.2 Å². The summed E-state index contributed by atoms with van der Waals surface area (Å²) < 4.78 is 0. The first-order chi connectivity index (χ1) is 13.8. The van der Waals surface area contributed by atoms with E-state index in [1.165, 1.54) is 5.56 Å². The van der Waals surface area contributed by atoms with E-state index < -0.39 is 10.8 Å². The number of nitrogens with zero attached hydrogens (tertiary/aromatic N) is 4. The maximum atomic E-state index is 13.6. The molecular weight excluding hydrogens is 362 g/mol. The van der Waals surface area contributed by atoms with Gasteiger partial charge in [0.05, 0.1) is 16.8 Å². The van der Waals surface area contributed by atoms with Crippen LogP contribution >= 0.6 is 0 Å². The first kappa shape index (κ1) is 19.1. The molecule has 1 N–H and O–H groups in total. The lowest BCUT2D eigenvalue weighted by atomic mass is 9.67. The molecule has 0 aliphatic heterocycles. The lowest BCUT2D eigenvalue weighted by molar-refractivity contribution is -0.124. The highest BCUT2D eigenvalue weighted by Gasteiger charge is 2.68. The van der Waals surface area contributed by atoms with E-state index in [1.54, 1.807) is 0 Å². The van der Waals surface area contributed by atoms with Gasteiger partial charge < -0.3 is 5.32 Å². The molecule has 1 amide bonds. The second-order valence-electron chi connectivity index (χ2n) is 8.83. The lowest BCUT2D eigenvalue weighted by Crippen LogP contribution is -2.46. The van der Waals surface area contributed by atoms with E-state index in [1.807, 2.05) is 36.4 Å². The Kier molecular flexibility index (Phi) is 4.20. The largest absolute Gasteiger partial charge is 0.325 e. The summed E-state index contributed by atoms with van der Waals surface area (Å²) in [5, 5.41) is 21.8. The molecule has 146 valence electrons. The molecule has 1 aromatic heterocycles. The van der Waals surface area contributed by atoms with Gasteiger partial charge in [-0.1, -0.05) is 39.8 Å². The van der Waals surface area contributed by atoms with Crippen LogP contribution in [0.1, 0.15) is 80.7 Å². The van der Waals surface area contributed by atoms with E-state index in [9.17, 15) is 15.3 Å². The molecule has 29 heavy (non-hydrogen) atoms. The van der Waals surface area contributed by atoms with Gasteiger partial charge >= 0.3 is 0 Å². The first-order valence-corrected chi connectivity index (χ1v) is 9.90. The highest BCUT2D eigenvalue weighted by atomic mass is 16.2. The van der Waals surface area contributed by atoms with Gasteiger partial charge in [0, 0.05) is 11.6 Å². The maximum Gasteiger partial charge on any atom is 0.237 e. The number of aromatic nitrogens is 2. The minimum atomic E-state index is -0.865. The third kappa shape index (κ3) is 2.49. The van der Waals surface area contributed by atoms with Crippen LogP contribution in [0, 0.1) is 28.1 Å². The van der Waals surface area contributed by atoms with Crippen LogP contribution in [-0.4, -0.2) is 15.9 Å². The minimum Gasteiger partial charge on any atom is -0.325 e. The van der Waals surface area contributed by atoms with Crippen LogP contribution in [0.2, 0.25) is 0 Å². The van der Waals surface area contributed by atoms with Crippen molar-refractivity contribution in [1.82, 2.24) is 9.97 Å². The van der Waals surface area contributed by atoms with E-state index >= 15 is 0 Å². The van der Waals surface area contributed by atoms with Crippen molar-refractivity contribution in [3.8, 4) is 12.1 Å². The van der Waals surface area contributed by atoms with Crippen LogP contribution in [0.4, 0.5) is 5.69 Å². The average molecular weight is 385 g/mol. The summed E-state index contributed by atoms with van der Waals surface area (Å²) in [5.41, 5.74) is 1.96. The minimum absolute atomic E-state index is 0.0111. The Morgan fingerprint density at radius 3 is 2.34 bits per heavy atom. The average Bonchev–Trinajstić information content (AvgIpc) is 3.08. The topological polar surface area (TPSA) is 102 Å². The first-order valence-electron chi connectivity index (χ1n) is 9.90. The molecule has 1 heterocycles. The van der Waals surface area contributed by atoms with Crippen molar-refractivity contribution in [2.45, 2.75) is 57.8 Å². The Morgan fingerprint density at radius 1 is 1.14 bits per heavy atom. The van der Waals surface area contributed by atoms with Gasteiger partial charge in [-0.2, -0.15) is 10.5 Å². The van der Waals surface area contributed by atoms with Crippen molar-refractivity contribution in [3.63, 3.8) is 0 Å². The number of rotatable bonds is 3. The number of carbonyl (C=O) groups excluding carboxylic acids is 1. The fourth-order valence-electron chi connectivity index (χ4n) is 5.11. The molecule has 0 saturated heterocycles. The lowest BCUT2D eigenvalue weighted by Gasteiger charge is -2.36. The molecule has 2 aliphatic carbocycles. The van der Waals surface area contributed by atoms with E-state index in [0.717, 1.165) is 12.1 Å². The molecular formula is C23H23N5O. The Labute approximate surface area is 170 Å². The Morgan fingerprint density at radius 2 is 1.76 bits per heavy atom. The molecule has 2 unspecified atom stereocenters. The van der Waals surface area contributed by atoms with E-state index in [2.05, 4.69) is 43.0 Å². The van der Waals surface area contributed by atoms with Gasteiger partial charge in [0.15, 0.2) is 11.4 Å². The SMILES string of the molecule is CC(C)c1ccc(NC(=O)C23CCC(c4nc(C#N)c(C#N)nc42)C3(C)C)cc1. The Bertz CT molecular complexity index is 1090. The summed E-state index contributed by atoms with van der Waals surface area (Å²) in [7, 11) is 0. The number of fused-ring (bicyclic) bond motifs is 5. The summed E-state index contributed by atoms with van der Waals surface area (Å²) in [6.45, 7) is 8.38. The third-order valence-electron chi connectivity index (χ3n) is 6.87. The fraction of sp³-hybridized carbons (Fsp3) is 0.435. The zero-order valence-corrected chi connectivity index (χ0v) is 17.1. The van der Waals surface area contributed by atoms with Crippen LogP contribution in [0.15, 0.2) is 24.3 Å². The number of nitrogens with one attached hydrogen (secondary N) is 1. The summed E-state index contributed by atoms with van der Waals surface area (Å²) in [6, 6.07) is 11.8. The number of hydrogen-bond acceptors (Lipinski definition) is 5. The fourth-order valence-corrected chi connectivity index (χ4v) is 5.11. The zero-order valence-electron chi connectivity index (χ0n) is 17.1. The summed E-state index contributed by atoms with van der Waals surface area (Å²) >= 11 is 0. The van der Waals surface area contributed by atoms with Crippen molar-refractivity contribution in [1.29, 1.82) is 10.5 Å². The van der Waals surface area contributed by atoms with Gasteiger partial charge in [0.25, 0.3) is 0 Å². The second-order valence-corrected chi connectivity index (χ2v) is 8.83. The van der Waals surface area contributed by atoms with Crippen LogP contribution in [0.3, 0.4) is 0 Å². The van der Waals surface area contributed by atoms with E-state index in [0.29, 0.717) is 23.7 Å². The monoisotopic (exact) mass is 385 g/mol. The third-order valence-corrected chi connectivity index (χ3v) is 6.87. The van der Waals surface area contributed by atoms with Gasteiger partial charge in [-0.25, -0.2) is 9.97 Å². The number of nitriles is 2. The van der Waals surface area contributed by atoms with Gasteiger partial charge in [0.1, 0.15) is 12.1 Å². The predicted molar refractivity (Wildman–Crippen MR) is 108 cm³/mol. The van der Waals surface area contributed by atoms with E-state index in [4.69, 9.17) is 0 Å². The second kappa shape index (κ2) is 6.39. The standard InChI is InChI=1S/C23H23N5O/c1-13(2)14-5-7-15(8-6-14)26-21(29)23-10-9-16(22(23,3)4)19-20(23)28-18(12-25)17(11-24)27-19/h5-8,13,16H,9-10H2,1-4H3,(H,26,29).